The van der Waals surface area contributed by atoms with Gasteiger partial charge >= 0.3 is 0 Å². The fraction of sp³-hybridized carbons (Fsp3) is 0.741. The van der Waals surface area contributed by atoms with Crippen LogP contribution >= 0.6 is 0 Å². The van der Waals surface area contributed by atoms with E-state index in [2.05, 4.69) is 25.4 Å². The van der Waals surface area contributed by atoms with Gasteiger partial charge in [0.1, 0.15) is 11.4 Å². The molecule has 7 nitrogen and oxygen atoms in total. The van der Waals surface area contributed by atoms with Crippen molar-refractivity contribution in [2.75, 3.05) is 26.2 Å². The van der Waals surface area contributed by atoms with Crippen molar-refractivity contribution in [3.63, 3.8) is 0 Å². The average molecular weight is 468 g/mol. The first-order valence-corrected chi connectivity index (χ1v) is 13.8. The Morgan fingerprint density at radius 2 is 1.06 bits per heavy atom. The lowest BCUT2D eigenvalue weighted by molar-refractivity contribution is 0.0852. The molecule has 0 radical (unpaired) electrons. The van der Waals surface area contributed by atoms with Crippen molar-refractivity contribution in [1.82, 2.24) is 25.4 Å². The molecule has 186 valence electrons. The predicted octanol–water partition coefficient (Wildman–Crippen LogP) is 3.36. The molecule has 4 fully saturated rings. The minimum Gasteiger partial charge on any atom is -0.346 e. The van der Waals surface area contributed by atoms with Crippen LogP contribution in [0.4, 0.5) is 0 Å². The van der Waals surface area contributed by atoms with Crippen LogP contribution in [0.1, 0.15) is 98.0 Å². The van der Waals surface area contributed by atoms with Crippen LogP contribution in [0, 0.1) is 0 Å². The van der Waals surface area contributed by atoms with Crippen molar-refractivity contribution >= 4 is 11.8 Å². The molecule has 2 aliphatic carbocycles. The van der Waals surface area contributed by atoms with E-state index < -0.39 is 0 Å². The zero-order valence-corrected chi connectivity index (χ0v) is 20.5. The fourth-order valence-corrected chi connectivity index (χ4v) is 6.75. The lowest BCUT2D eigenvalue weighted by atomic mass is 9.89. The summed E-state index contributed by atoms with van der Waals surface area (Å²) in [7, 11) is 0. The number of carbonyl (C=O) groups excluding carboxylic acids is 2. The summed E-state index contributed by atoms with van der Waals surface area (Å²) in [5.74, 6) is -0.309. The summed E-state index contributed by atoms with van der Waals surface area (Å²) in [5.41, 5.74) is 0.691. The smallest absolute Gasteiger partial charge is 0.270 e. The number of rotatable bonds is 6. The number of hydrogen-bond acceptors (Lipinski definition) is 5. The highest BCUT2D eigenvalue weighted by Gasteiger charge is 2.34. The highest BCUT2D eigenvalue weighted by molar-refractivity contribution is 5.96. The van der Waals surface area contributed by atoms with Gasteiger partial charge in [0.15, 0.2) is 0 Å². The maximum absolute atomic E-state index is 13.1. The normalized spacial score (nSPS) is 30.8. The lowest BCUT2D eigenvalue weighted by Crippen LogP contribution is -2.53. The Morgan fingerprint density at radius 3 is 1.50 bits per heavy atom. The zero-order valence-electron chi connectivity index (χ0n) is 20.5. The third-order valence-corrected chi connectivity index (χ3v) is 8.53. The Labute approximate surface area is 204 Å². The molecule has 0 aromatic carbocycles. The average Bonchev–Trinajstić information content (AvgIpc) is 3.60. The van der Waals surface area contributed by atoms with Crippen molar-refractivity contribution in [3.05, 3.63) is 29.6 Å². The summed E-state index contributed by atoms with van der Waals surface area (Å²) in [6.07, 6.45) is 14.2. The van der Waals surface area contributed by atoms with Crippen molar-refractivity contribution < 1.29 is 9.59 Å². The molecule has 4 atom stereocenters. The first kappa shape index (κ1) is 23.7. The largest absolute Gasteiger partial charge is 0.346 e. The van der Waals surface area contributed by atoms with E-state index in [0.29, 0.717) is 23.5 Å². The molecule has 4 aliphatic rings. The molecule has 1 aromatic heterocycles. The molecule has 0 unspecified atom stereocenters. The second kappa shape index (κ2) is 11.2. The summed E-state index contributed by atoms with van der Waals surface area (Å²) in [4.78, 5) is 35.9. The summed E-state index contributed by atoms with van der Waals surface area (Å²) >= 11 is 0. The van der Waals surface area contributed by atoms with Gasteiger partial charge in [-0.3, -0.25) is 19.4 Å². The van der Waals surface area contributed by atoms with E-state index in [-0.39, 0.29) is 23.9 Å². The van der Waals surface area contributed by atoms with Crippen molar-refractivity contribution in [3.8, 4) is 0 Å². The van der Waals surface area contributed by atoms with E-state index >= 15 is 0 Å². The van der Waals surface area contributed by atoms with Gasteiger partial charge < -0.3 is 10.6 Å². The lowest BCUT2D eigenvalue weighted by Gasteiger charge is -2.38. The van der Waals surface area contributed by atoms with E-state index in [1.807, 2.05) is 0 Å². The molecule has 3 heterocycles. The molecule has 7 heteroatoms. The van der Waals surface area contributed by atoms with Crippen LogP contribution in [0.15, 0.2) is 18.2 Å². The van der Waals surface area contributed by atoms with Crippen LogP contribution in [0.25, 0.3) is 0 Å². The van der Waals surface area contributed by atoms with E-state index in [9.17, 15) is 9.59 Å². The molecule has 2 saturated heterocycles. The highest BCUT2D eigenvalue weighted by atomic mass is 16.2. The first-order valence-electron chi connectivity index (χ1n) is 13.8. The third kappa shape index (κ3) is 5.46. The number of likely N-dealkylation sites (tertiary alicyclic amines) is 2. The standard InChI is InChI=1S/C27H41N5O2/c33-26(29-20-10-1-3-14-24(20)31-16-5-6-17-31)22-12-9-13-23(28-22)27(34)30-21-11-2-4-15-25(21)32-18-7-8-19-32/h9,12-13,20-21,24-25H,1-8,10-11,14-19H2,(H,29,33)(H,30,34)/t20-,21-,24-,25-/m1/s1. The Hall–Kier alpha value is -1.99. The number of hydrogen-bond donors (Lipinski definition) is 2. The van der Waals surface area contributed by atoms with Crippen LogP contribution in [0.2, 0.25) is 0 Å². The summed E-state index contributed by atoms with van der Waals surface area (Å²) in [5, 5.41) is 6.54. The van der Waals surface area contributed by atoms with Gasteiger partial charge in [-0.1, -0.05) is 31.7 Å². The van der Waals surface area contributed by atoms with Gasteiger partial charge in [0, 0.05) is 24.2 Å². The molecule has 2 aliphatic heterocycles. The van der Waals surface area contributed by atoms with Crippen molar-refractivity contribution in [1.29, 1.82) is 0 Å². The van der Waals surface area contributed by atoms with E-state index in [4.69, 9.17) is 0 Å². The maximum atomic E-state index is 13.1. The second-order valence-electron chi connectivity index (χ2n) is 10.8. The van der Waals surface area contributed by atoms with Crippen LogP contribution in [0.3, 0.4) is 0 Å². The van der Waals surface area contributed by atoms with Crippen molar-refractivity contribution in [2.45, 2.75) is 101 Å². The van der Waals surface area contributed by atoms with Crippen LogP contribution in [0.5, 0.6) is 0 Å². The Morgan fingerprint density at radius 1 is 0.647 bits per heavy atom. The number of carbonyl (C=O) groups is 2. The second-order valence-corrected chi connectivity index (χ2v) is 10.8. The molecule has 2 amide bonds. The predicted molar refractivity (Wildman–Crippen MR) is 133 cm³/mol. The summed E-state index contributed by atoms with van der Waals surface area (Å²) in [6.45, 7) is 4.57. The number of pyridine rings is 1. The van der Waals surface area contributed by atoms with E-state index in [0.717, 1.165) is 64.7 Å². The van der Waals surface area contributed by atoms with Crippen LogP contribution in [-0.2, 0) is 0 Å². The molecular weight excluding hydrogens is 426 g/mol. The third-order valence-electron chi connectivity index (χ3n) is 8.53. The molecule has 0 bridgehead atoms. The van der Waals surface area contributed by atoms with Gasteiger partial charge in [-0.25, -0.2) is 4.98 Å². The summed E-state index contributed by atoms with van der Waals surface area (Å²) in [6, 6.07) is 6.44. The minimum absolute atomic E-state index is 0.154. The molecule has 2 N–H and O–H groups in total. The minimum atomic E-state index is -0.154. The first-order chi connectivity index (χ1) is 16.7. The van der Waals surface area contributed by atoms with Gasteiger partial charge in [-0.2, -0.15) is 0 Å². The molecule has 5 rings (SSSR count). The number of nitrogens with one attached hydrogen (secondary N) is 2. The van der Waals surface area contributed by atoms with Crippen molar-refractivity contribution in [2.24, 2.45) is 0 Å². The number of amides is 2. The fourth-order valence-electron chi connectivity index (χ4n) is 6.75. The zero-order chi connectivity index (χ0) is 23.3. The molecule has 1 aromatic rings. The van der Waals surface area contributed by atoms with Gasteiger partial charge in [-0.15, -0.1) is 0 Å². The SMILES string of the molecule is O=C(N[C@@H]1CCCC[C@H]1N1CCCC1)c1cccc(C(=O)N[C@@H]2CCCC[C@H]2N2CCCC2)n1. The highest BCUT2D eigenvalue weighted by Crippen LogP contribution is 2.27. The molecule has 0 spiro atoms. The number of aromatic nitrogens is 1. The molecule has 2 saturated carbocycles. The number of nitrogens with zero attached hydrogens (tertiary/aromatic N) is 3. The monoisotopic (exact) mass is 467 g/mol. The quantitative estimate of drug-likeness (QED) is 0.671. The van der Waals surface area contributed by atoms with Crippen LogP contribution < -0.4 is 10.6 Å². The Bertz CT molecular complexity index is 784. The van der Waals surface area contributed by atoms with E-state index in [1.54, 1.807) is 18.2 Å². The topological polar surface area (TPSA) is 77.6 Å². The van der Waals surface area contributed by atoms with Gasteiger partial charge in [0.2, 0.25) is 0 Å². The molecular formula is C27H41N5O2. The van der Waals surface area contributed by atoms with Gasteiger partial charge in [-0.05, 0) is 89.7 Å². The Balaban J connectivity index is 1.22. The Kier molecular flexibility index (Phi) is 7.80. The van der Waals surface area contributed by atoms with Gasteiger partial charge in [0.25, 0.3) is 11.8 Å². The van der Waals surface area contributed by atoms with Gasteiger partial charge in [0.05, 0.1) is 0 Å². The molecule has 34 heavy (non-hydrogen) atoms. The van der Waals surface area contributed by atoms with Crippen LogP contribution in [-0.4, -0.2) is 76.9 Å². The summed E-state index contributed by atoms with van der Waals surface area (Å²) < 4.78 is 0. The maximum Gasteiger partial charge on any atom is 0.270 e. The van der Waals surface area contributed by atoms with E-state index in [1.165, 1.54) is 38.5 Å².